The average molecular weight is 154 g/mol. The summed E-state index contributed by atoms with van der Waals surface area (Å²) >= 11 is 0. The second-order valence-electron chi connectivity index (χ2n) is 3.62. The van der Waals surface area contributed by atoms with Crippen LogP contribution < -0.4 is 0 Å². The topological polar surface area (TPSA) is 20.2 Å². The van der Waals surface area contributed by atoms with Gasteiger partial charge in [-0.05, 0) is 45.6 Å². The van der Waals surface area contributed by atoms with Crippen LogP contribution in [0.2, 0.25) is 0 Å². The van der Waals surface area contributed by atoms with Crippen LogP contribution in [-0.2, 0) is 0 Å². The van der Waals surface area contributed by atoms with E-state index in [2.05, 4.69) is 12.3 Å². The maximum absolute atomic E-state index is 9.36. The Morgan fingerprint density at radius 2 is 2.09 bits per heavy atom. The van der Waals surface area contributed by atoms with Gasteiger partial charge in [-0.25, -0.2) is 0 Å². The number of rotatable bonds is 4. The zero-order chi connectivity index (χ0) is 8.91. The molecule has 0 aliphatic carbocycles. The van der Waals surface area contributed by atoms with Crippen LogP contribution in [0.15, 0.2) is 17.9 Å². The summed E-state index contributed by atoms with van der Waals surface area (Å²) in [5.41, 5.74) is 3.49. The molecular formula is C10H18O. The van der Waals surface area contributed by atoms with E-state index in [1.165, 1.54) is 5.57 Å². The summed E-state index contributed by atoms with van der Waals surface area (Å²) in [7, 11) is 0. The molecule has 0 unspecified atom stereocenters. The number of allylic oxidation sites excluding steroid dienone is 1. The molecule has 0 rings (SSSR count). The van der Waals surface area contributed by atoms with E-state index in [1.807, 2.05) is 20.8 Å². The van der Waals surface area contributed by atoms with Gasteiger partial charge in [0, 0.05) is 0 Å². The fraction of sp³-hybridized carbons (Fsp3) is 0.700. The SMILES string of the molecule is C=C=C(C)CCCC(C)(C)O. The van der Waals surface area contributed by atoms with Gasteiger partial charge in [0.15, 0.2) is 0 Å². The van der Waals surface area contributed by atoms with Crippen molar-refractivity contribution >= 4 is 0 Å². The van der Waals surface area contributed by atoms with Gasteiger partial charge in [0.25, 0.3) is 0 Å². The predicted molar refractivity (Wildman–Crippen MR) is 48.5 cm³/mol. The van der Waals surface area contributed by atoms with Crippen LogP contribution in [0, 0.1) is 0 Å². The minimum absolute atomic E-state index is 0.526. The molecule has 0 saturated heterocycles. The highest BCUT2D eigenvalue weighted by atomic mass is 16.3. The lowest BCUT2D eigenvalue weighted by atomic mass is 10.00. The molecule has 11 heavy (non-hydrogen) atoms. The van der Waals surface area contributed by atoms with Gasteiger partial charge in [0.1, 0.15) is 0 Å². The molecule has 1 N–H and O–H groups in total. The lowest BCUT2D eigenvalue weighted by molar-refractivity contribution is 0.0689. The molecule has 0 fully saturated rings. The van der Waals surface area contributed by atoms with Crippen LogP contribution in [-0.4, -0.2) is 10.7 Å². The Labute approximate surface area is 69.4 Å². The molecule has 1 nitrogen and oxygen atoms in total. The lowest BCUT2D eigenvalue weighted by Gasteiger charge is -2.15. The van der Waals surface area contributed by atoms with Crippen LogP contribution in [0.25, 0.3) is 0 Å². The summed E-state index contributed by atoms with van der Waals surface area (Å²) in [5, 5.41) is 9.36. The zero-order valence-electron chi connectivity index (χ0n) is 7.78. The normalized spacial score (nSPS) is 10.9. The van der Waals surface area contributed by atoms with E-state index in [0.717, 1.165) is 19.3 Å². The van der Waals surface area contributed by atoms with Crippen molar-refractivity contribution in [3.8, 4) is 0 Å². The van der Waals surface area contributed by atoms with Gasteiger partial charge in [-0.1, -0.05) is 6.58 Å². The molecule has 0 spiro atoms. The van der Waals surface area contributed by atoms with Gasteiger partial charge in [-0.3, -0.25) is 0 Å². The molecule has 0 atom stereocenters. The van der Waals surface area contributed by atoms with Crippen LogP contribution in [0.1, 0.15) is 40.0 Å². The Morgan fingerprint density at radius 1 is 1.55 bits per heavy atom. The van der Waals surface area contributed by atoms with Crippen molar-refractivity contribution in [1.29, 1.82) is 0 Å². The molecule has 0 bridgehead atoms. The zero-order valence-corrected chi connectivity index (χ0v) is 7.78. The fourth-order valence-electron chi connectivity index (χ4n) is 0.875. The van der Waals surface area contributed by atoms with Crippen molar-refractivity contribution in [2.45, 2.75) is 45.6 Å². The largest absolute Gasteiger partial charge is 0.390 e. The molecule has 0 aliphatic rings. The van der Waals surface area contributed by atoms with Gasteiger partial charge in [-0.2, -0.15) is 0 Å². The van der Waals surface area contributed by atoms with Crippen LogP contribution in [0.3, 0.4) is 0 Å². The molecule has 0 heterocycles. The molecule has 0 aromatic heterocycles. The maximum atomic E-state index is 9.36. The summed E-state index contributed by atoms with van der Waals surface area (Å²) in [4.78, 5) is 0. The maximum Gasteiger partial charge on any atom is 0.0591 e. The molecule has 0 aliphatic heterocycles. The smallest absolute Gasteiger partial charge is 0.0591 e. The van der Waals surface area contributed by atoms with Gasteiger partial charge in [0.2, 0.25) is 0 Å². The first kappa shape index (κ1) is 10.5. The number of aliphatic hydroxyl groups is 1. The Bertz CT molecular complexity index is 156. The summed E-state index contributed by atoms with van der Waals surface area (Å²) < 4.78 is 0. The Kier molecular flexibility index (Phi) is 4.17. The van der Waals surface area contributed by atoms with E-state index in [9.17, 15) is 5.11 Å². The third-order valence-electron chi connectivity index (χ3n) is 1.64. The Hall–Kier alpha value is -0.520. The standard InChI is InChI=1S/C10H18O/c1-5-9(2)7-6-8-10(3,4)11/h11H,1,6-8H2,2-4H3. The average Bonchev–Trinajstić information content (AvgIpc) is 1.85. The minimum Gasteiger partial charge on any atom is -0.390 e. The molecule has 0 radical (unpaired) electrons. The van der Waals surface area contributed by atoms with Gasteiger partial charge in [0.05, 0.1) is 5.60 Å². The summed E-state index contributed by atoms with van der Waals surface area (Å²) in [6.07, 6.45) is 2.84. The van der Waals surface area contributed by atoms with E-state index < -0.39 is 5.60 Å². The first-order chi connectivity index (χ1) is 4.95. The third kappa shape index (κ3) is 7.38. The van der Waals surface area contributed by atoms with Gasteiger partial charge < -0.3 is 5.11 Å². The molecule has 0 amide bonds. The van der Waals surface area contributed by atoms with E-state index in [4.69, 9.17) is 0 Å². The van der Waals surface area contributed by atoms with Crippen LogP contribution >= 0.6 is 0 Å². The van der Waals surface area contributed by atoms with Crippen molar-refractivity contribution in [2.75, 3.05) is 0 Å². The lowest BCUT2D eigenvalue weighted by Crippen LogP contribution is -2.17. The summed E-state index contributed by atoms with van der Waals surface area (Å²) in [6, 6.07) is 0. The van der Waals surface area contributed by atoms with E-state index in [-0.39, 0.29) is 0 Å². The highest BCUT2D eigenvalue weighted by Gasteiger charge is 2.10. The summed E-state index contributed by atoms with van der Waals surface area (Å²) in [6.45, 7) is 9.23. The molecule has 1 heteroatoms. The van der Waals surface area contributed by atoms with Crippen molar-refractivity contribution in [3.05, 3.63) is 17.9 Å². The first-order valence-corrected chi connectivity index (χ1v) is 4.03. The van der Waals surface area contributed by atoms with Crippen molar-refractivity contribution in [2.24, 2.45) is 0 Å². The second-order valence-corrected chi connectivity index (χ2v) is 3.62. The van der Waals surface area contributed by atoms with E-state index in [0.29, 0.717) is 0 Å². The molecule has 0 aromatic carbocycles. The summed E-state index contributed by atoms with van der Waals surface area (Å²) in [5.74, 6) is 0. The Morgan fingerprint density at radius 3 is 2.45 bits per heavy atom. The van der Waals surface area contributed by atoms with Crippen LogP contribution in [0.5, 0.6) is 0 Å². The minimum atomic E-state index is -0.526. The van der Waals surface area contributed by atoms with E-state index >= 15 is 0 Å². The molecule has 64 valence electrons. The van der Waals surface area contributed by atoms with Crippen LogP contribution in [0.4, 0.5) is 0 Å². The van der Waals surface area contributed by atoms with Gasteiger partial charge in [-0.15, -0.1) is 5.73 Å². The monoisotopic (exact) mass is 154 g/mol. The second kappa shape index (κ2) is 4.38. The van der Waals surface area contributed by atoms with Crippen molar-refractivity contribution in [3.63, 3.8) is 0 Å². The van der Waals surface area contributed by atoms with Crippen molar-refractivity contribution < 1.29 is 5.11 Å². The highest BCUT2D eigenvalue weighted by Crippen LogP contribution is 2.14. The van der Waals surface area contributed by atoms with Crippen molar-refractivity contribution in [1.82, 2.24) is 0 Å². The molecule has 0 aromatic rings. The Balaban J connectivity index is 3.51. The number of hydrogen-bond acceptors (Lipinski definition) is 1. The first-order valence-electron chi connectivity index (χ1n) is 4.03. The quantitative estimate of drug-likeness (QED) is 0.617. The predicted octanol–water partition coefficient (Wildman–Crippen LogP) is 2.66. The van der Waals surface area contributed by atoms with E-state index in [1.54, 1.807) is 0 Å². The highest BCUT2D eigenvalue weighted by molar-refractivity contribution is 4.93. The fourth-order valence-corrected chi connectivity index (χ4v) is 0.875. The molecular weight excluding hydrogens is 136 g/mol. The third-order valence-corrected chi connectivity index (χ3v) is 1.64. The molecule has 0 saturated carbocycles. The number of hydrogen-bond donors (Lipinski definition) is 1. The van der Waals surface area contributed by atoms with Gasteiger partial charge >= 0.3 is 0 Å².